The second kappa shape index (κ2) is 6.05. The molecule has 2 N–H and O–H groups in total. The van der Waals surface area contributed by atoms with Gasteiger partial charge in [0.05, 0.1) is 15.8 Å². The third-order valence-electron chi connectivity index (χ3n) is 2.76. The second-order valence-corrected chi connectivity index (χ2v) is 6.38. The van der Waals surface area contributed by atoms with Crippen LogP contribution in [0.1, 0.15) is 56.7 Å². The first-order chi connectivity index (χ1) is 8.67. The first kappa shape index (κ1) is 16.2. The molecule has 0 fully saturated rings. The van der Waals surface area contributed by atoms with E-state index < -0.39 is 5.60 Å². The van der Waals surface area contributed by atoms with E-state index in [4.69, 9.17) is 0 Å². The molecular formula is C13H22BrN3O2. The molecule has 0 spiro atoms. The fourth-order valence-electron chi connectivity index (χ4n) is 1.81. The van der Waals surface area contributed by atoms with Gasteiger partial charge in [0.15, 0.2) is 5.69 Å². The minimum atomic E-state index is -0.921. The highest BCUT2D eigenvalue weighted by atomic mass is 79.9. The van der Waals surface area contributed by atoms with E-state index in [1.54, 1.807) is 18.7 Å². The summed E-state index contributed by atoms with van der Waals surface area (Å²) in [7, 11) is 0. The van der Waals surface area contributed by atoms with E-state index in [0.717, 1.165) is 5.69 Å². The number of amides is 1. The van der Waals surface area contributed by atoms with Crippen molar-refractivity contribution in [2.45, 2.75) is 46.1 Å². The summed E-state index contributed by atoms with van der Waals surface area (Å²) < 4.78 is 0.710. The van der Waals surface area contributed by atoms with Crippen molar-refractivity contribution in [1.29, 1.82) is 0 Å². The van der Waals surface area contributed by atoms with Gasteiger partial charge in [-0.1, -0.05) is 13.8 Å². The van der Waals surface area contributed by atoms with Gasteiger partial charge in [0.2, 0.25) is 0 Å². The van der Waals surface area contributed by atoms with Crippen LogP contribution in [-0.2, 0) is 0 Å². The Morgan fingerprint density at radius 1 is 1.53 bits per heavy atom. The summed E-state index contributed by atoms with van der Waals surface area (Å²) in [6.07, 6.45) is 0. The van der Waals surface area contributed by atoms with E-state index in [-0.39, 0.29) is 18.4 Å². The maximum absolute atomic E-state index is 12.4. The molecule has 5 nitrogen and oxygen atoms in total. The number of rotatable bonds is 5. The summed E-state index contributed by atoms with van der Waals surface area (Å²) in [4.78, 5) is 14.0. The van der Waals surface area contributed by atoms with Gasteiger partial charge in [-0.2, -0.15) is 5.10 Å². The molecule has 0 unspecified atom stereocenters. The SMILES string of the molecule is CCN(CC(C)(C)O)C(=O)c1n[nH]c(C(C)C)c1Br. The highest BCUT2D eigenvalue weighted by molar-refractivity contribution is 9.10. The minimum absolute atomic E-state index is 0.181. The molecular weight excluding hydrogens is 310 g/mol. The predicted molar refractivity (Wildman–Crippen MR) is 78.3 cm³/mol. The maximum atomic E-state index is 12.4. The van der Waals surface area contributed by atoms with Crippen molar-refractivity contribution < 1.29 is 9.90 Å². The molecule has 1 heterocycles. The number of hydrogen-bond donors (Lipinski definition) is 2. The Labute approximate surface area is 122 Å². The number of aromatic nitrogens is 2. The molecule has 6 heteroatoms. The van der Waals surface area contributed by atoms with Crippen LogP contribution in [0.4, 0.5) is 0 Å². The van der Waals surface area contributed by atoms with Gasteiger partial charge in [-0.3, -0.25) is 9.89 Å². The summed E-state index contributed by atoms with van der Waals surface area (Å²) in [5.74, 6) is 0.0763. The molecule has 0 aliphatic heterocycles. The van der Waals surface area contributed by atoms with Crippen molar-refractivity contribution in [3.8, 4) is 0 Å². The Morgan fingerprint density at radius 2 is 2.11 bits per heavy atom. The van der Waals surface area contributed by atoms with Crippen LogP contribution < -0.4 is 0 Å². The smallest absolute Gasteiger partial charge is 0.275 e. The van der Waals surface area contributed by atoms with Gasteiger partial charge in [-0.05, 0) is 42.6 Å². The lowest BCUT2D eigenvalue weighted by Gasteiger charge is -2.27. The number of hydrogen-bond acceptors (Lipinski definition) is 3. The van der Waals surface area contributed by atoms with Crippen molar-refractivity contribution in [1.82, 2.24) is 15.1 Å². The number of carbonyl (C=O) groups excluding carboxylic acids is 1. The fourth-order valence-corrected chi connectivity index (χ4v) is 2.61. The van der Waals surface area contributed by atoms with E-state index in [1.807, 2.05) is 20.8 Å². The monoisotopic (exact) mass is 331 g/mol. The molecule has 0 bridgehead atoms. The van der Waals surface area contributed by atoms with Gasteiger partial charge in [-0.25, -0.2) is 0 Å². The van der Waals surface area contributed by atoms with Crippen molar-refractivity contribution >= 4 is 21.8 Å². The largest absolute Gasteiger partial charge is 0.389 e. The topological polar surface area (TPSA) is 69.2 Å². The number of nitrogens with one attached hydrogen (secondary N) is 1. The zero-order valence-corrected chi connectivity index (χ0v) is 13.7. The molecule has 1 aromatic heterocycles. The number of aliphatic hydroxyl groups is 1. The van der Waals surface area contributed by atoms with Crippen LogP contribution in [0.2, 0.25) is 0 Å². The molecule has 1 rings (SSSR count). The van der Waals surface area contributed by atoms with Gasteiger partial charge >= 0.3 is 0 Å². The van der Waals surface area contributed by atoms with Crippen molar-refractivity contribution in [3.05, 3.63) is 15.9 Å². The second-order valence-electron chi connectivity index (χ2n) is 5.59. The van der Waals surface area contributed by atoms with E-state index in [1.165, 1.54) is 0 Å². The lowest BCUT2D eigenvalue weighted by atomic mass is 10.1. The standard InChI is InChI=1S/C13H22BrN3O2/c1-6-17(7-13(4,5)19)12(18)11-9(14)10(8(2)3)15-16-11/h8,19H,6-7H2,1-5H3,(H,15,16). The van der Waals surface area contributed by atoms with Gasteiger partial charge in [0.1, 0.15) is 0 Å². The highest BCUT2D eigenvalue weighted by Crippen LogP contribution is 2.26. The van der Waals surface area contributed by atoms with Gasteiger partial charge in [0.25, 0.3) is 5.91 Å². The number of H-pyrrole nitrogens is 1. The van der Waals surface area contributed by atoms with E-state index in [9.17, 15) is 9.90 Å². The molecule has 1 amide bonds. The molecule has 0 saturated heterocycles. The third-order valence-corrected chi connectivity index (χ3v) is 3.56. The van der Waals surface area contributed by atoms with Gasteiger partial charge in [-0.15, -0.1) is 0 Å². The maximum Gasteiger partial charge on any atom is 0.275 e. The zero-order chi connectivity index (χ0) is 14.8. The quantitative estimate of drug-likeness (QED) is 0.871. The van der Waals surface area contributed by atoms with Crippen molar-refractivity contribution in [3.63, 3.8) is 0 Å². The van der Waals surface area contributed by atoms with Crippen LogP contribution in [0.15, 0.2) is 4.47 Å². The molecule has 0 saturated carbocycles. The number of halogens is 1. The number of nitrogens with zero attached hydrogens (tertiary/aromatic N) is 2. The van der Waals surface area contributed by atoms with Crippen LogP contribution in [0.5, 0.6) is 0 Å². The van der Waals surface area contributed by atoms with Crippen molar-refractivity contribution in [2.24, 2.45) is 0 Å². The lowest BCUT2D eigenvalue weighted by molar-refractivity contribution is 0.0311. The average molecular weight is 332 g/mol. The number of carbonyl (C=O) groups is 1. The van der Waals surface area contributed by atoms with Crippen LogP contribution in [0.3, 0.4) is 0 Å². The van der Waals surface area contributed by atoms with Crippen LogP contribution in [-0.4, -0.2) is 44.8 Å². The minimum Gasteiger partial charge on any atom is -0.389 e. The van der Waals surface area contributed by atoms with E-state index >= 15 is 0 Å². The van der Waals surface area contributed by atoms with Gasteiger partial charge in [0, 0.05) is 13.1 Å². The highest BCUT2D eigenvalue weighted by Gasteiger charge is 2.26. The third kappa shape index (κ3) is 4.04. The molecule has 0 atom stereocenters. The van der Waals surface area contributed by atoms with Gasteiger partial charge < -0.3 is 10.0 Å². The first-order valence-electron chi connectivity index (χ1n) is 6.42. The van der Waals surface area contributed by atoms with E-state index in [2.05, 4.69) is 26.1 Å². The first-order valence-corrected chi connectivity index (χ1v) is 7.22. The van der Waals surface area contributed by atoms with Crippen LogP contribution >= 0.6 is 15.9 Å². The molecule has 0 aromatic carbocycles. The Kier molecular flexibility index (Phi) is 5.15. The molecule has 19 heavy (non-hydrogen) atoms. The van der Waals surface area contributed by atoms with Crippen molar-refractivity contribution in [2.75, 3.05) is 13.1 Å². The Balaban J connectivity index is 2.98. The van der Waals surface area contributed by atoms with Crippen LogP contribution in [0.25, 0.3) is 0 Å². The Hall–Kier alpha value is -0.880. The predicted octanol–water partition coefficient (Wildman–Crippen LogP) is 2.53. The molecule has 108 valence electrons. The number of likely N-dealkylation sites (N-methyl/N-ethyl adjacent to an activating group) is 1. The Morgan fingerprint density at radius 3 is 2.47 bits per heavy atom. The summed E-state index contributed by atoms with van der Waals surface area (Å²) in [5.41, 5.74) is 0.354. The number of aromatic amines is 1. The van der Waals surface area contributed by atoms with Crippen LogP contribution in [0, 0.1) is 0 Å². The summed E-state index contributed by atoms with van der Waals surface area (Å²) >= 11 is 3.43. The normalized spacial score (nSPS) is 12.0. The zero-order valence-electron chi connectivity index (χ0n) is 12.1. The summed E-state index contributed by atoms with van der Waals surface area (Å²) in [5, 5.41) is 16.8. The molecule has 0 aliphatic rings. The molecule has 0 radical (unpaired) electrons. The lowest BCUT2D eigenvalue weighted by Crippen LogP contribution is -2.42. The summed E-state index contributed by atoms with van der Waals surface area (Å²) in [6.45, 7) is 10.1. The Bertz CT molecular complexity index is 449. The average Bonchev–Trinajstić information content (AvgIpc) is 2.66. The fraction of sp³-hybridized carbons (Fsp3) is 0.692. The van der Waals surface area contributed by atoms with E-state index in [0.29, 0.717) is 16.7 Å². The molecule has 1 aromatic rings. The molecule has 0 aliphatic carbocycles. The summed E-state index contributed by atoms with van der Waals surface area (Å²) in [6, 6.07) is 0.